The van der Waals surface area contributed by atoms with Crippen LogP contribution in [0.5, 0.6) is 0 Å². The van der Waals surface area contributed by atoms with Crippen LogP contribution in [-0.4, -0.2) is 5.75 Å². The van der Waals surface area contributed by atoms with E-state index in [1.165, 1.54) is 11.1 Å². The van der Waals surface area contributed by atoms with Crippen LogP contribution in [-0.2, 0) is 0 Å². The number of aryl methyl sites for hydroxylation is 2. The van der Waals surface area contributed by atoms with Crippen molar-refractivity contribution in [1.82, 2.24) is 5.32 Å². The number of hydrogen-bond donors (Lipinski definition) is 1. The molecule has 2 heteroatoms. The van der Waals surface area contributed by atoms with Gasteiger partial charge in [0.2, 0.25) is 0 Å². The lowest BCUT2D eigenvalue weighted by molar-refractivity contribution is 1.19. The molecule has 0 aliphatic rings. The van der Waals surface area contributed by atoms with Gasteiger partial charge in [-0.25, -0.2) is 0 Å². The summed E-state index contributed by atoms with van der Waals surface area (Å²) < 4.78 is 0. The molecule has 0 saturated heterocycles. The third-order valence-electron chi connectivity index (χ3n) is 2.18. The zero-order valence-corrected chi connectivity index (χ0v) is 11.1. The highest BCUT2D eigenvalue weighted by molar-refractivity contribution is 8.02. The van der Waals surface area contributed by atoms with Gasteiger partial charge in [-0.05, 0) is 37.3 Å². The molecule has 0 radical (unpaired) electrons. The molecule has 1 rings (SSSR count). The van der Waals surface area contributed by atoms with Gasteiger partial charge in [-0.3, -0.25) is 0 Å². The first kappa shape index (κ1) is 12.9. The Morgan fingerprint density at radius 2 is 1.75 bits per heavy atom. The fourth-order valence-electron chi connectivity index (χ4n) is 1.60. The molecular weight excluding hydrogens is 214 g/mol. The van der Waals surface area contributed by atoms with Crippen molar-refractivity contribution in [3.8, 4) is 0 Å². The molecule has 0 aromatic heterocycles. The summed E-state index contributed by atoms with van der Waals surface area (Å²) in [5, 5.41) is 4.18. The lowest BCUT2D eigenvalue weighted by atomic mass is 10.1. The molecule has 1 nitrogen and oxygen atoms in total. The third-order valence-corrected chi connectivity index (χ3v) is 2.92. The van der Waals surface area contributed by atoms with Crippen molar-refractivity contribution in [1.29, 1.82) is 0 Å². The molecule has 0 fully saturated rings. The standard InChI is InChI=1S/C14H19NS/c1-6-16-13(5)15-12(4)14-8-10(2)7-11(3)9-14/h7-9,15H,4-6H2,1-3H3. The van der Waals surface area contributed by atoms with Crippen molar-refractivity contribution in [2.45, 2.75) is 20.8 Å². The zero-order valence-electron chi connectivity index (χ0n) is 10.3. The molecule has 0 aliphatic heterocycles. The molecule has 0 amide bonds. The van der Waals surface area contributed by atoms with E-state index in [0.717, 1.165) is 22.0 Å². The molecule has 0 atom stereocenters. The summed E-state index contributed by atoms with van der Waals surface area (Å²) in [6.45, 7) is 14.3. The molecule has 0 aliphatic carbocycles. The Morgan fingerprint density at radius 1 is 1.19 bits per heavy atom. The molecular formula is C14H19NS. The molecule has 0 unspecified atom stereocenters. The number of rotatable bonds is 5. The van der Waals surface area contributed by atoms with Crippen LogP contribution >= 0.6 is 11.8 Å². The van der Waals surface area contributed by atoms with Gasteiger partial charge in [0.05, 0.1) is 5.03 Å². The smallest absolute Gasteiger partial charge is 0.0652 e. The fraction of sp³-hybridized carbons (Fsp3) is 0.286. The average molecular weight is 233 g/mol. The highest BCUT2D eigenvalue weighted by Gasteiger charge is 2.01. The van der Waals surface area contributed by atoms with E-state index >= 15 is 0 Å². The summed E-state index contributed by atoms with van der Waals surface area (Å²) in [6, 6.07) is 6.42. The highest BCUT2D eigenvalue weighted by Crippen LogP contribution is 2.18. The van der Waals surface area contributed by atoms with E-state index in [1.807, 2.05) is 0 Å². The summed E-state index contributed by atoms with van der Waals surface area (Å²) in [5.74, 6) is 1.02. The van der Waals surface area contributed by atoms with E-state index < -0.39 is 0 Å². The first-order chi connectivity index (χ1) is 7.52. The van der Waals surface area contributed by atoms with Crippen molar-refractivity contribution >= 4 is 17.5 Å². The molecule has 0 saturated carbocycles. The number of thioether (sulfide) groups is 1. The van der Waals surface area contributed by atoms with Gasteiger partial charge >= 0.3 is 0 Å². The molecule has 0 heterocycles. The van der Waals surface area contributed by atoms with E-state index in [2.05, 4.69) is 57.4 Å². The predicted octanol–water partition coefficient (Wildman–Crippen LogP) is 4.09. The minimum absolute atomic E-state index is 0.915. The van der Waals surface area contributed by atoms with E-state index in [9.17, 15) is 0 Å². The number of hydrogen-bond acceptors (Lipinski definition) is 2. The van der Waals surface area contributed by atoms with Crippen LogP contribution in [0.4, 0.5) is 0 Å². The van der Waals surface area contributed by atoms with Crippen molar-refractivity contribution in [2.75, 3.05) is 5.75 Å². The van der Waals surface area contributed by atoms with Crippen LogP contribution in [0.2, 0.25) is 0 Å². The van der Waals surface area contributed by atoms with E-state index in [4.69, 9.17) is 0 Å². The van der Waals surface area contributed by atoms with Crippen molar-refractivity contribution in [3.63, 3.8) is 0 Å². The quantitative estimate of drug-likeness (QED) is 0.822. The first-order valence-electron chi connectivity index (χ1n) is 5.39. The Hall–Kier alpha value is -1.15. The molecule has 0 spiro atoms. The molecule has 16 heavy (non-hydrogen) atoms. The monoisotopic (exact) mass is 233 g/mol. The lowest BCUT2D eigenvalue weighted by Crippen LogP contribution is -2.08. The lowest BCUT2D eigenvalue weighted by Gasteiger charge is -2.12. The maximum Gasteiger partial charge on any atom is 0.0652 e. The van der Waals surface area contributed by atoms with Crippen molar-refractivity contribution < 1.29 is 0 Å². The highest BCUT2D eigenvalue weighted by atomic mass is 32.2. The second-order valence-electron chi connectivity index (χ2n) is 3.84. The van der Waals surface area contributed by atoms with Crippen LogP contribution in [0.15, 0.2) is 36.4 Å². The van der Waals surface area contributed by atoms with Crippen LogP contribution in [0, 0.1) is 13.8 Å². The molecule has 1 N–H and O–H groups in total. The van der Waals surface area contributed by atoms with Gasteiger partial charge in [0.15, 0.2) is 0 Å². The third kappa shape index (κ3) is 3.78. The Bertz CT molecular complexity index is 387. The summed E-state index contributed by atoms with van der Waals surface area (Å²) in [5.41, 5.74) is 4.56. The maximum atomic E-state index is 4.04. The number of nitrogens with one attached hydrogen (secondary N) is 1. The van der Waals surface area contributed by atoms with Gasteiger partial charge in [-0.2, -0.15) is 0 Å². The number of benzene rings is 1. The predicted molar refractivity (Wildman–Crippen MR) is 75.4 cm³/mol. The van der Waals surface area contributed by atoms with Crippen LogP contribution < -0.4 is 5.32 Å². The molecule has 1 aromatic rings. The molecule has 0 bridgehead atoms. The Labute approximate surface area is 103 Å². The fourth-order valence-corrected chi connectivity index (χ4v) is 2.14. The van der Waals surface area contributed by atoms with Crippen LogP contribution in [0.1, 0.15) is 23.6 Å². The van der Waals surface area contributed by atoms with E-state index in [1.54, 1.807) is 11.8 Å². The minimum atomic E-state index is 0.915. The van der Waals surface area contributed by atoms with E-state index in [0.29, 0.717) is 0 Å². The maximum absolute atomic E-state index is 4.04. The van der Waals surface area contributed by atoms with Gasteiger partial charge in [0.25, 0.3) is 0 Å². The zero-order chi connectivity index (χ0) is 12.1. The Morgan fingerprint density at radius 3 is 2.25 bits per heavy atom. The summed E-state index contributed by atoms with van der Waals surface area (Å²) in [6.07, 6.45) is 0. The molecule has 1 aromatic carbocycles. The second-order valence-corrected chi connectivity index (χ2v) is 5.19. The Balaban J connectivity index is 2.76. The minimum Gasteiger partial charge on any atom is -0.351 e. The normalized spacial score (nSPS) is 9.94. The summed E-state index contributed by atoms with van der Waals surface area (Å²) in [7, 11) is 0. The first-order valence-corrected chi connectivity index (χ1v) is 6.37. The largest absolute Gasteiger partial charge is 0.351 e. The SMILES string of the molecule is C=C(NC(=C)c1cc(C)cc(C)c1)SCC. The summed E-state index contributed by atoms with van der Waals surface area (Å²) >= 11 is 1.70. The topological polar surface area (TPSA) is 12.0 Å². The van der Waals surface area contributed by atoms with Gasteiger partial charge < -0.3 is 5.32 Å². The van der Waals surface area contributed by atoms with Gasteiger partial charge in [0.1, 0.15) is 0 Å². The second kappa shape index (κ2) is 5.80. The molecule has 86 valence electrons. The Kier molecular flexibility index (Phi) is 4.69. The van der Waals surface area contributed by atoms with Crippen molar-refractivity contribution in [3.05, 3.63) is 53.1 Å². The van der Waals surface area contributed by atoms with Gasteiger partial charge in [-0.15, -0.1) is 11.8 Å². The van der Waals surface area contributed by atoms with Gasteiger partial charge in [-0.1, -0.05) is 37.3 Å². The van der Waals surface area contributed by atoms with Crippen LogP contribution in [0.25, 0.3) is 5.70 Å². The van der Waals surface area contributed by atoms with Crippen molar-refractivity contribution in [2.24, 2.45) is 0 Å². The summed E-state index contributed by atoms with van der Waals surface area (Å²) in [4.78, 5) is 0. The van der Waals surface area contributed by atoms with Crippen LogP contribution in [0.3, 0.4) is 0 Å². The van der Waals surface area contributed by atoms with Gasteiger partial charge in [0, 0.05) is 5.70 Å². The van der Waals surface area contributed by atoms with E-state index in [-0.39, 0.29) is 0 Å². The average Bonchev–Trinajstić information content (AvgIpc) is 2.16.